The predicted molar refractivity (Wildman–Crippen MR) is 63.0 cm³/mol. The lowest BCUT2D eigenvalue weighted by atomic mass is 10.1. The molecule has 15 heteroatoms. The molecule has 24 heavy (non-hydrogen) atoms. The number of sulfone groups is 1. The molecule has 1 rings (SSSR count). The van der Waals surface area contributed by atoms with Crippen LogP contribution in [0.1, 0.15) is 19.8 Å². The van der Waals surface area contributed by atoms with Crippen molar-refractivity contribution in [2.75, 3.05) is 0 Å². The van der Waals surface area contributed by atoms with Gasteiger partial charge in [-0.2, -0.15) is 34.8 Å². The van der Waals surface area contributed by atoms with E-state index in [2.05, 4.69) is 0 Å². The van der Waals surface area contributed by atoms with Gasteiger partial charge in [-0.05, 0) is 6.92 Å². The van der Waals surface area contributed by atoms with Gasteiger partial charge in [-0.1, -0.05) is 0 Å². The second-order valence-electron chi connectivity index (χ2n) is 4.97. The van der Waals surface area contributed by atoms with Gasteiger partial charge in [0.2, 0.25) is 9.84 Å². The summed E-state index contributed by atoms with van der Waals surface area (Å²) in [5, 5.41) is -13.8. The number of carbonyl (C=O) groups is 2. The van der Waals surface area contributed by atoms with Gasteiger partial charge in [-0.15, -0.1) is 0 Å². The van der Waals surface area contributed by atoms with E-state index < -0.39 is 65.5 Å². The third-order valence-electron chi connectivity index (χ3n) is 3.57. The maximum Gasteiger partial charge on any atom is 0.439 e. The van der Waals surface area contributed by atoms with Gasteiger partial charge in [0.05, 0.1) is 0 Å². The summed E-state index contributed by atoms with van der Waals surface area (Å²) < 4.78 is 129. The van der Waals surface area contributed by atoms with Crippen molar-refractivity contribution in [1.82, 2.24) is 0 Å². The molecule has 1 N–H and O–H groups in total. The van der Waals surface area contributed by atoms with Crippen LogP contribution in [0.3, 0.4) is 0 Å². The van der Waals surface area contributed by atoms with E-state index in [1.54, 1.807) is 0 Å². The molecule has 0 aromatic heterocycles. The average Bonchev–Trinajstić information content (AvgIpc) is 2.65. The van der Waals surface area contributed by atoms with Crippen LogP contribution < -0.4 is 0 Å². The summed E-state index contributed by atoms with van der Waals surface area (Å²) in [5.41, 5.74) is 0. The largest absolute Gasteiger partial charge is 0.439 e. The first-order valence-corrected chi connectivity index (χ1v) is 8.63. The molecule has 0 radical (unpaired) electrons. The molecule has 0 atom stereocenters. The molecule has 0 spiro atoms. The van der Waals surface area contributed by atoms with Crippen molar-refractivity contribution < 1.29 is 57.3 Å². The first-order valence-electron chi connectivity index (χ1n) is 5.71. The van der Waals surface area contributed by atoms with Crippen LogP contribution in [0.4, 0.5) is 26.3 Å². The summed E-state index contributed by atoms with van der Waals surface area (Å²) in [7, 11) is -14.1. The topological polar surface area (TPSA) is 123 Å². The van der Waals surface area contributed by atoms with Crippen LogP contribution in [0, 0.1) is 0 Å². The first kappa shape index (κ1) is 20.8. The van der Waals surface area contributed by atoms with Crippen LogP contribution in [0.25, 0.3) is 0 Å². The van der Waals surface area contributed by atoms with Crippen molar-refractivity contribution in [3.8, 4) is 0 Å². The highest BCUT2D eigenvalue weighted by atomic mass is 32.2. The third-order valence-corrected chi connectivity index (χ3v) is 6.94. The molecule has 1 aliphatic rings. The molecule has 0 unspecified atom stereocenters. The van der Waals surface area contributed by atoms with Crippen molar-refractivity contribution in [2.45, 2.75) is 40.9 Å². The summed E-state index contributed by atoms with van der Waals surface area (Å²) in [6, 6.07) is 0. The first-order chi connectivity index (χ1) is 10.3. The molecule has 1 aliphatic carbocycles. The van der Waals surface area contributed by atoms with Crippen LogP contribution >= 0.6 is 0 Å². The Hall–Kier alpha value is -1.22. The number of hydrogen-bond donors (Lipinski definition) is 1. The highest BCUT2D eigenvalue weighted by molar-refractivity contribution is 7.95. The number of alkyl halides is 6. The van der Waals surface area contributed by atoms with Gasteiger partial charge < -0.3 is 0 Å². The van der Waals surface area contributed by atoms with Crippen molar-refractivity contribution in [2.24, 2.45) is 0 Å². The fourth-order valence-corrected chi connectivity index (χ4v) is 4.21. The van der Waals surface area contributed by atoms with Gasteiger partial charge >= 0.3 is 26.5 Å². The number of hydrogen-bond acceptors (Lipinski definition) is 6. The second kappa shape index (κ2) is 5.14. The SMILES string of the molecule is CC1(S(=O)(=O)C(F)(F)C(F)(F)C(F)(F)S(=O)(=O)O)C(=O)CCC1=O. The van der Waals surface area contributed by atoms with Crippen LogP contribution in [0.15, 0.2) is 0 Å². The standard InChI is InChI=1S/C9H8F6O7S2/c1-6(4(16)2-3-5(6)17)23(18,19)8(12,13)7(10,11)9(14,15)24(20,21)22/h2-3H2,1H3,(H,20,21,22). The fourth-order valence-electron chi connectivity index (χ4n) is 1.92. The fraction of sp³-hybridized carbons (Fsp3) is 0.778. The highest BCUT2D eigenvalue weighted by Crippen LogP contribution is 2.53. The molecule has 1 saturated carbocycles. The van der Waals surface area contributed by atoms with Gasteiger partial charge in [0, 0.05) is 12.8 Å². The van der Waals surface area contributed by atoms with Gasteiger partial charge in [-0.3, -0.25) is 14.1 Å². The van der Waals surface area contributed by atoms with E-state index in [0.29, 0.717) is 0 Å². The zero-order valence-corrected chi connectivity index (χ0v) is 13.0. The van der Waals surface area contributed by atoms with Crippen LogP contribution in [0.2, 0.25) is 0 Å². The van der Waals surface area contributed by atoms with Crippen molar-refractivity contribution >= 4 is 31.5 Å². The van der Waals surface area contributed by atoms with Gasteiger partial charge in [0.15, 0.2) is 16.3 Å². The van der Waals surface area contributed by atoms with E-state index >= 15 is 0 Å². The summed E-state index contributed by atoms with van der Waals surface area (Å²) in [5.74, 6) is -10.7. The lowest BCUT2D eigenvalue weighted by molar-refractivity contribution is -0.246. The molecule has 0 aromatic carbocycles. The van der Waals surface area contributed by atoms with E-state index in [4.69, 9.17) is 4.55 Å². The zero-order valence-electron chi connectivity index (χ0n) is 11.4. The molecule has 0 aliphatic heterocycles. The number of rotatable bonds is 5. The molecule has 0 amide bonds. The summed E-state index contributed by atoms with van der Waals surface area (Å²) >= 11 is 0. The number of ketones is 2. The van der Waals surface area contributed by atoms with Crippen LogP contribution in [-0.2, 0) is 29.5 Å². The lowest BCUT2D eigenvalue weighted by Gasteiger charge is -2.34. The lowest BCUT2D eigenvalue weighted by Crippen LogP contribution is -2.65. The minimum absolute atomic E-state index is 0.0373. The van der Waals surface area contributed by atoms with E-state index in [9.17, 15) is 52.8 Å². The monoisotopic (exact) mass is 406 g/mol. The Bertz CT molecular complexity index is 782. The number of halogens is 6. The van der Waals surface area contributed by atoms with Crippen molar-refractivity contribution in [1.29, 1.82) is 0 Å². The molecule has 7 nitrogen and oxygen atoms in total. The number of carbonyl (C=O) groups excluding carboxylic acids is 2. The second-order valence-corrected chi connectivity index (χ2v) is 8.77. The van der Waals surface area contributed by atoms with Gasteiger partial charge in [0.1, 0.15) is 0 Å². The highest BCUT2D eigenvalue weighted by Gasteiger charge is 2.84. The minimum Gasteiger partial charge on any atom is -0.297 e. The van der Waals surface area contributed by atoms with Crippen molar-refractivity contribution in [3.63, 3.8) is 0 Å². The minimum atomic E-state index is -7.18. The van der Waals surface area contributed by atoms with E-state index in [0.717, 1.165) is 0 Å². The Morgan fingerprint density at radius 2 is 1.21 bits per heavy atom. The summed E-state index contributed by atoms with van der Waals surface area (Å²) in [6.45, 7) is 0.0373. The molecule has 0 heterocycles. The summed E-state index contributed by atoms with van der Waals surface area (Å²) in [6.07, 6.45) is -1.82. The van der Waals surface area contributed by atoms with E-state index in [1.165, 1.54) is 0 Å². The molecule has 0 bridgehead atoms. The smallest absolute Gasteiger partial charge is 0.297 e. The Morgan fingerprint density at radius 1 is 0.875 bits per heavy atom. The Kier molecular flexibility index (Phi) is 4.46. The van der Waals surface area contributed by atoms with Crippen LogP contribution in [0.5, 0.6) is 0 Å². The Labute approximate surface area is 130 Å². The number of Topliss-reactive ketones (excluding diaryl/α,β-unsaturated/α-hetero) is 2. The Morgan fingerprint density at radius 3 is 1.50 bits per heavy atom. The average molecular weight is 406 g/mol. The molecule has 0 aromatic rings. The van der Waals surface area contributed by atoms with Crippen LogP contribution in [-0.4, -0.2) is 54.1 Å². The molecular formula is C9H8F6O7S2. The normalized spacial score (nSPS) is 20.5. The van der Waals surface area contributed by atoms with Gasteiger partial charge in [-0.25, -0.2) is 8.42 Å². The Balaban J connectivity index is 3.70. The van der Waals surface area contributed by atoms with Crippen molar-refractivity contribution in [3.05, 3.63) is 0 Å². The maximum atomic E-state index is 13.8. The molecule has 1 fully saturated rings. The van der Waals surface area contributed by atoms with Gasteiger partial charge in [0.25, 0.3) is 0 Å². The molecule has 140 valence electrons. The third kappa shape index (κ3) is 2.20. The zero-order chi connectivity index (χ0) is 19.6. The molecular weight excluding hydrogens is 398 g/mol. The molecule has 0 saturated heterocycles. The van der Waals surface area contributed by atoms with E-state index in [1.807, 2.05) is 0 Å². The van der Waals surface area contributed by atoms with E-state index in [-0.39, 0.29) is 6.92 Å². The quantitative estimate of drug-likeness (QED) is 0.407. The predicted octanol–water partition coefficient (Wildman–Crippen LogP) is 0.801. The maximum absolute atomic E-state index is 13.8. The summed E-state index contributed by atoms with van der Waals surface area (Å²) in [4.78, 5) is 22.9.